The number of rotatable bonds is 3. The molecule has 0 saturated heterocycles. The summed E-state index contributed by atoms with van der Waals surface area (Å²) in [5, 5.41) is 6.89. The van der Waals surface area contributed by atoms with E-state index in [0.717, 1.165) is 5.69 Å². The van der Waals surface area contributed by atoms with Crippen molar-refractivity contribution in [1.82, 2.24) is 0 Å². The van der Waals surface area contributed by atoms with E-state index in [2.05, 4.69) is 24.5 Å². The van der Waals surface area contributed by atoms with Crippen molar-refractivity contribution in [2.24, 2.45) is 5.41 Å². The molecule has 1 saturated carbocycles. The zero-order chi connectivity index (χ0) is 14.8. The van der Waals surface area contributed by atoms with E-state index in [4.69, 9.17) is 11.6 Å². The highest BCUT2D eigenvalue weighted by atomic mass is 35.5. The molecule has 1 unspecified atom stereocenters. The zero-order valence-electron chi connectivity index (χ0n) is 12.4. The molecule has 1 aromatic carbocycles. The number of carbonyl (C=O) groups is 1. The van der Waals surface area contributed by atoms with Gasteiger partial charge in [0.25, 0.3) is 0 Å². The van der Waals surface area contributed by atoms with Gasteiger partial charge in [-0.15, -0.1) is 0 Å². The average molecular weight is 295 g/mol. The summed E-state index contributed by atoms with van der Waals surface area (Å²) in [6.45, 7) is 6.11. The molecule has 1 aliphatic carbocycles. The van der Waals surface area contributed by atoms with Crippen molar-refractivity contribution < 1.29 is 4.79 Å². The molecule has 0 aromatic heterocycles. The lowest BCUT2D eigenvalue weighted by Gasteiger charge is -2.39. The predicted molar refractivity (Wildman–Crippen MR) is 85.4 cm³/mol. The van der Waals surface area contributed by atoms with Crippen LogP contribution in [0.4, 0.5) is 11.4 Å². The van der Waals surface area contributed by atoms with Crippen molar-refractivity contribution in [2.75, 3.05) is 10.6 Å². The maximum absolute atomic E-state index is 11.1. The molecule has 1 atom stereocenters. The Morgan fingerprint density at radius 2 is 2.10 bits per heavy atom. The van der Waals surface area contributed by atoms with Crippen LogP contribution >= 0.6 is 11.6 Å². The number of hydrogen-bond acceptors (Lipinski definition) is 2. The standard InChI is InChI=1S/C16H23ClN2O/c1-11(20)18-14-8-7-12(10-13(14)17)19-15-6-4-5-9-16(15,2)3/h7-8,10,15,19H,4-6,9H2,1-3H3,(H,18,20). The van der Waals surface area contributed by atoms with Crippen molar-refractivity contribution in [3.05, 3.63) is 23.2 Å². The fourth-order valence-electron chi connectivity index (χ4n) is 2.86. The number of carbonyl (C=O) groups excluding carboxylic acids is 1. The third-order valence-corrected chi connectivity index (χ3v) is 4.44. The number of benzene rings is 1. The van der Waals surface area contributed by atoms with Crippen molar-refractivity contribution in [3.63, 3.8) is 0 Å². The summed E-state index contributed by atoms with van der Waals surface area (Å²) in [6, 6.07) is 6.18. The first-order valence-electron chi connectivity index (χ1n) is 7.22. The summed E-state index contributed by atoms with van der Waals surface area (Å²) in [5.74, 6) is -0.110. The van der Waals surface area contributed by atoms with E-state index in [1.165, 1.54) is 32.6 Å². The minimum atomic E-state index is -0.110. The number of hydrogen-bond donors (Lipinski definition) is 2. The highest BCUT2D eigenvalue weighted by Gasteiger charge is 2.31. The summed E-state index contributed by atoms with van der Waals surface area (Å²) >= 11 is 6.21. The molecule has 110 valence electrons. The van der Waals surface area contributed by atoms with Gasteiger partial charge in [-0.3, -0.25) is 4.79 Å². The molecule has 1 fully saturated rings. The van der Waals surface area contributed by atoms with Gasteiger partial charge in [-0.1, -0.05) is 38.3 Å². The maximum atomic E-state index is 11.1. The van der Waals surface area contributed by atoms with E-state index in [0.29, 0.717) is 22.2 Å². The average Bonchev–Trinajstić information content (AvgIpc) is 2.35. The van der Waals surface area contributed by atoms with Crippen LogP contribution in [0.25, 0.3) is 0 Å². The molecule has 1 aromatic rings. The largest absolute Gasteiger partial charge is 0.382 e. The van der Waals surface area contributed by atoms with Crippen LogP contribution in [-0.2, 0) is 4.79 Å². The van der Waals surface area contributed by atoms with Gasteiger partial charge in [-0.05, 0) is 36.5 Å². The summed E-state index contributed by atoms with van der Waals surface area (Å²) < 4.78 is 0. The van der Waals surface area contributed by atoms with Crippen molar-refractivity contribution >= 4 is 28.9 Å². The van der Waals surface area contributed by atoms with Gasteiger partial charge in [-0.2, -0.15) is 0 Å². The normalized spacial score (nSPS) is 21.3. The number of nitrogens with one attached hydrogen (secondary N) is 2. The fourth-order valence-corrected chi connectivity index (χ4v) is 3.09. The molecule has 2 N–H and O–H groups in total. The van der Waals surface area contributed by atoms with Crippen LogP contribution in [0.15, 0.2) is 18.2 Å². The van der Waals surface area contributed by atoms with Gasteiger partial charge in [0.15, 0.2) is 0 Å². The summed E-state index contributed by atoms with van der Waals surface area (Å²) in [6.07, 6.45) is 5.03. The number of halogens is 1. The quantitative estimate of drug-likeness (QED) is 0.850. The van der Waals surface area contributed by atoms with Gasteiger partial charge in [0, 0.05) is 18.7 Å². The van der Waals surface area contributed by atoms with Crippen LogP contribution in [0.3, 0.4) is 0 Å². The minimum Gasteiger partial charge on any atom is -0.382 e. The van der Waals surface area contributed by atoms with E-state index in [9.17, 15) is 4.79 Å². The predicted octanol–water partition coefficient (Wildman–Crippen LogP) is 4.68. The number of anilines is 2. The highest BCUT2D eigenvalue weighted by molar-refractivity contribution is 6.34. The molecular weight excluding hydrogens is 272 g/mol. The Bertz CT molecular complexity index is 499. The lowest BCUT2D eigenvalue weighted by Crippen LogP contribution is -2.38. The van der Waals surface area contributed by atoms with E-state index < -0.39 is 0 Å². The smallest absolute Gasteiger partial charge is 0.221 e. The molecule has 0 radical (unpaired) electrons. The molecule has 4 heteroatoms. The van der Waals surface area contributed by atoms with Gasteiger partial charge >= 0.3 is 0 Å². The molecule has 1 aliphatic rings. The lowest BCUT2D eigenvalue weighted by atomic mass is 9.73. The molecule has 20 heavy (non-hydrogen) atoms. The first-order chi connectivity index (χ1) is 9.38. The summed E-state index contributed by atoms with van der Waals surface area (Å²) in [7, 11) is 0. The molecule has 1 amide bonds. The van der Waals surface area contributed by atoms with E-state index in [1.807, 2.05) is 18.2 Å². The van der Waals surface area contributed by atoms with Gasteiger partial charge < -0.3 is 10.6 Å². The van der Waals surface area contributed by atoms with Crippen molar-refractivity contribution in [3.8, 4) is 0 Å². The Hall–Kier alpha value is -1.22. The van der Waals surface area contributed by atoms with Crippen molar-refractivity contribution in [1.29, 1.82) is 0 Å². The second-order valence-electron chi connectivity index (χ2n) is 6.31. The Labute approximate surface area is 126 Å². The lowest BCUT2D eigenvalue weighted by molar-refractivity contribution is -0.114. The SMILES string of the molecule is CC(=O)Nc1ccc(NC2CCCCC2(C)C)cc1Cl. The first kappa shape index (κ1) is 15.2. The Kier molecular flexibility index (Phi) is 4.59. The molecule has 0 aliphatic heterocycles. The first-order valence-corrected chi connectivity index (χ1v) is 7.60. The van der Waals surface area contributed by atoms with E-state index in [-0.39, 0.29) is 5.91 Å². The van der Waals surface area contributed by atoms with Gasteiger partial charge in [-0.25, -0.2) is 0 Å². The Morgan fingerprint density at radius 3 is 2.70 bits per heavy atom. The van der Waals surface area contributed by atoms with Gasteiger partial charge in [0.05, 0.1) is 10.7 Å². The second kappa shape index (κ2) is 6.04. The molecule has 2 rings (SSSR count). The van der Waals surface area contributed by atoms with E-state index >= 15 is 0 Å². The molecular formula is C16H23ClN2O. The third kappa shape index (κ3) is 3.66. The third-order valence-electron chi connectivity index (χ3n) is 4.13. The zero-order valence-corrected chi connectivity index (χ0v) is 13.2. The Balaban J connectivity index is 2.10. The van der Waals surface area contributed by atoms with Crippen LogP contribution < -0.4 is 10.6 Å². The monoisotopic (exact) mass is 294 g/mol. The maximum Gasteiger partial charge on any atom is 0.221 e. The minimum absolute atomic E-state index is 0.110. The highest BCUT2D eigenvalue weighted by Crippen LogP contribution is 2.38. The number of amides is 1. The molecule has 3 nitrogen and oxygen atoms in total. The molecule has 0 heterocycles. The van der Waals surface area contributed by atoms with Crippen LogP contribution in [0.2, 0.25) is 5.02 Å². The van der Waals surface area contributed by atoms with Crippen molar-refractivity contribution in [2.45, 2.75) is 52.5 Å². The van der Waals surface area contributed by atoms with Crippen LogP contribution in [-0.4, -0.2) is 11.9 Å². The van der Waals surface area contributed by atoms with Crippen LogP contribution in [0, 0.1) is 5.41 Å². The van der Waals surface area contributed by atoms with Gasteiger partial charge in [0.1, 0.15) is 0 Å². The molecule has 0 bridgehead atoms. The van der Waals surface area contributed by atoms with E-state index in [1.54, 1.807) is 0 Å². The Morgan fingerprint density at radius 1 is 1.35 bits per heavy atom. The van der Waals surface area contributed by atoms with Gasteiger partial charge in [0.2, 0.25) is 5.91 Å². The second-order valence-corrected chi connectivity index (χ2v) is 6.71. The van der Waals surface area contributed by atoms with Crippen LogP contribution in [0.5, 0.6) is 0 Å². The van der Waals surface area contributed by atoms with Crippen LogP contribution in [0.1, 0.15) is 46.5 Å². The summed E-state index contributed by atoms with van der Waals surface area (Å²) in [4.78, 5) is 11.1. The summed E-state index contributed by atoms with van der Waals surface area (Å²) in [5.41, 5.74) is 1.98. The topological polar surface area (TPSA) is 41.1 Å². The fraction of sp³-hybridized carbons (Fsp3) is 0.562. The molecule has 0 spiro atoms.